The monoisotopic (exact) mass is 307 g/mol. The molecule has 3 heteroatoms. The Morgan fingerprint density at radius 2 is 1.65 bits per heavy atom. The van der Waals surface area contributed by atoms with Gasteiger partial charge in [-0.3, -0.25) is 0 Å². The van der Waals surface area contributed by atoms with Crippen molar-refractivity contribution < 1.29 is 0 Å². The molecule has 0 aliphatic carbocycles. The van der Waals surface area contributed by atoms with Gasteiger partial charge >= 0.3 is 0 Å². The van der Waals surface area contributed by atoms with E-state index in [1.165, 1.54) is 5.56 Å². The number of nitrogens with two attached hydrogens (primary N) is 1. The Balaban J connectivity index is 2.25. The van der Waals surface area contributed by atoms with Gasteiger partial charge in [-0.2, -0.15) is 0 Å². The highest BCUT2D eigenvalue weighted by molar-refractivity contribution is 6.42. The van der Waals surface area contributed by atoms with Crippen molar-refractivity contribution in [3.63, 3.8) is 0 Å². The zero-order chi connectivity index (χ0) is 14.7. The van der Waals surface area contributed by atoms with Crippen molar-refractivity contribution in [3.05, 3.63) is 69.2 Å². The normalized spacial score (nSPS) is 12.7. The maximum absolute atomic E-state index is 6.29. The Morgan fingerprint density at radius 1 is 1.00 bits per heavy atom. The van der Waals surface area contributed by atoms with Gasteiger partial charge in [-0.05, 0) is 35.1 Å². The van der Waals surface area contributed by atoms with Gasteiger partial charge in [0.05, 0.1) is 16.1 Å². The van der Waals surface area contributed by atoms with Crippen molar-refractivity contribution in [2.45, 2.75) is 26.3 Å². The van der Waals surface area contributed by atoms with Gasteiger partial charge < -0.3 is 5.73 Å². The van der Waals surface area contributed by atoms with Crippen molar-refractivity contribution in [2.75, 3.05) is 0 Å². The fourth-order valence-electron chi connectivity index (χ4n) is 2.27. The Morgan fingerprint density at radius 3 is 2.25 bits per heavy atom. The molecule has 0 aromatic heterocycles. The lowest BCUT2D eigenvalue weighted by molar-refractivity contribution is 0.647. The van der Waals surface area contributed by atoms with E-state index in [2.05, 4.69) is 38.1 Å². The van der Waals surface area contributed by atoms with E-state index in [9.17, 15) is 0 Å². The lowest BCUT2D eigenvalue weighted by Gasteiger charge is -2.15. The first kappa shape index (κ1) is 15.4. The van der Waals surface area contributed by atoms with Crippen molar-refractivity contribution in [2.24, 2.45) is 11.7 Å². The minimum atomic E-state index is -0.255. The smallest absolute Gasteiger partial charge is 0.0643 e. The van der Waals surface area contributed by atoms with Gasteiger partial charge in [-0.15, -0.1) is 0 Å². The summed E-state index contributed by atoms with van der Waals surface area (Å²) in [5.74, 6) is 0.650. The fourth-order valence-corrected chi connectivity index (χ4v) is 2.70. The molecule has 0 saturated carbocycles. The van der Waals surface area contributed by atoms with Crippen LogP contribution in [-0.4, -0.2) is 0 Å². The second kappa shape index (κ2) is 6.62. The number of benzene rings is 2. The first-order chi connectivity index (χ1) is 9.49. The lowest BCUT2D eigenvalue weighted by Crippen LogP contribution is -2.12. The van der Waals surface area contributed by atoms with Crippen LogP contribution in [0.15, 0.2) is 42.5 Å². The van der Waals surface area contributed by atoms with E-state index in [-0.39, 0.29) is 6.04 Å². The third-order valence-corrected chi connectivity index (χ3v) is 4.13. The van der Waals surface area contributed by atoms with Crippen LogP contribution in [0.3, 0.4) is 0 Å². The number of halogens is 2. The predicted molar refractivity (Wildman–Crippen MR) is 87.5 cm³/mol. The third kappa shape index (κ3) is 3.54. The average Bonchev–Trinajstić information content (AvgIpc) is 2.41. The summed E-state index contributed by atoms with van der Waals surface area (Å²) < 4.78 is 0. The van der Waals surface area contributed by atoms with Crippen LogP contribution in [0.4, 0.5) is 0 Å². The summed E-state index contributed by atoms with van der Waals surface area (Å²) in [4.78, 5) is 0. The van der Waals surface area contributed by atoms with Crippen molar-refractivity contribution >= 4 is 23.2 Å². The molecule has 0 saturated heterocycles. The summed E-state index contributed by atoms with van der Waals surface area (Å²) in [6.45, 7) is 4.43. The van der Waals surface area contributed by atoms with Crippen molar-refractivity contribution in [3.8, 4) is 0 Å². The van der Waals surface area contributed by atoms with Gasteiger partial charge in [0.1, 0.15) is 0 Å². The summed E-state index contributed by atoms with van der Waals surface area (Å²) in [5.41, 5.74) is 9.52. The minimum Gasteiger partial charge on any atom is -0.320 e. The Bertz CT molecular complexity index is 576. The summed E-state index contributed by atoms with van der Waals surface area (Å²) >= 11 is 12.3. The van der Waals surface area contributed by atoms with Crippen LogP contribution in [0.2, 0.25) is 10.0 Å². The van der Waals surface area contributed by atoms with E-state index in [1.807, 2.05) is 12.1 Å². The highest BCUT2D eigenvalue weighted by atomic mass is 35.5. The number of hydrogen-bond donors (Lipinski definition) is 1. The molecule has 2 aromatic rings. The molecule has 106 valence electrons. The quantitative estimate of drug-likeness (QED) is 0.821. The fraction of sp³-hybridized carbons (Fsp3) is 0.294. The van der Waals surface area contributed by atoms with E-state index in [0.29, 0.717) is 16.0 Å². The van der Waals surface area contributed by atoms with E-state index >= 15 is 0 Å². The third-order valence-electron chi connectivity index (χ3n) is 3.30. The van der Waals surface area contributed by atoms with E-state index in [0.717, 1.165) is 17.5 Å². The minimum absolute atomic E-state index is 0.255. The van der Waals surface area contributed by atoms with E-state index < -0.39 is 0 Å². The lowest BCUT2D eigenvalue weighted by atomic mass is 9.96. The zero-order valence-corrected chi connectivity index (χ0v) is 13.2. The number of rotatable bonds is 4. The maximum atomic E-state index is 6.29. The molecule has 0 aliphatic heterocycles. The van der Waals surface area contributed by atoms with Gasteiger partial charge in [-0.25, -0.2) is 0 Å². The summed E-state index contributed by atoms with van der Waals surface area (Å²) in [6.07, 6.45) is 1.08. The predicted octanol–water partition coefficient (Wildman–Crippen LogP) is 5.24. The molecule has 1 nitrogen and oxygen atoms in total. The molecular weight excluding hydrogens is 289 g/mol. The Labute approximate surface area is 130 Å². The molecular formula is C17H19Cl2N. The van der Waals surface area contributed by atoms with Gasteiger partial charge in [0.2, 0.25) is 0 Å². The van der Waals surface area contributed by atoms with Crippen LogP contribution in [0.1, 0.15) is 36.6 Å². The molecule has 0 aliphatic rings. The Hall–Kier alpha value is -1.02. The molecule has 2 aromatic carbocycles. The highest BCUT2D eigenvalue weighted by Crippen LogP contribution is 2.32. The van der Waals surface area contributed by atoms with Crippen LogP contribution >= 0.6 is 23.2 Å². The van der Waals surface area contributed by atoms with Crippen LogP contribution in [0.5, 0.6) is 0 Å². The van der Waals surface area contributed by atoms with Gasteiger partial charge in [0, 0.05) is 0 Å². The van der Waals surface area contributed by atoms with Crippen molar-refractivity contribution in [1.29, 1.82) is 0 Å². The van der Waals surface area contributed by atoms with Gasteiger partial charge in [-0.1, -0.05) is 73.4 Å². The van der Waals surface area contributed by atoms with E-state index in [1.54, 1.807) is 6.07 Å². The Kier molecular flexibility index (Phi) is 5.09. The summed E-state index contributed by atoms with van der Waals surface area (Å²) in [5, 5.41) is 1.07. The molecule has 0 fully saturated rings. The highest BCUT2D eigenvalue weighted by Gasteiger charge is 2.14. The van der Waals surface area contributed by atoms with Crippen LogP contribution < -0.4 is 5.73 Å². The molecule has 0 amide bonds. The van der Waals surface area contributed by atoms with E-state index in [4.69, 9.17) is 28.9 Å². The van der Waals surface area contributed by atoms with Crippen LogP contribution in [0, 0.1) is 5.92 Å². The molecule has 20 heavy (non-hydrogen) atoms. The first-order valence-electron chi connectivity index (χ1n) is 6.77. The average molecular weight is 308 g/mol. The maximum Gasteiger partial charge on any atom is 0.0643 e. The number of hydrogen-bond acceptors (Lipinski definition) is 1. The molecule has 0 bridgehead atoms. The standard InChI is InChI=1S/C17H19Cl2N/c1-11(2)10-12-6-8-13(9-7-12)17(20)14-4-3-5-15(18)16(14)19/h3-9,11,17H,10,20H2,1-2H3. The molecule has 1 unspecified atom stereocenters. The molecule has 0 spiro atoms. The van der Waals surface area contributed by atoms with Crippen LogP contribution in [0.25, 0.3) is 0 Å². The zero-order valence-electron chi connectivity index (χ0n) is 11.7. The van der Waals surface area contributed by atoms with Gasteiger partial charge in [0.25, 0.3) is 0 Å². The molecule has 1 atom stereocenters. The molecule has 2 N–H and O–H groups in total. The molecule has 0 heterocycles. The molecule has 2 rings (SSSR count). The largest absolute Gasteiger partial charge is 0.320 e. The summed E-state index contributed by atoms with van der Waals surface area (Å²) in [7, 11) is 0. The second-order valence-corrected chi connectivity index (χ2v) is 6.25. The second-order valence-electron chi connectivity index (χ2n) is 5.46. The topological polar surface area (TPSA) is 26.0 Å². The van der Waals surface area contributed by atoms with Gasteiger partial charge in [0.15, 0.2) is 0 Å². The van der Waals surface area contributed by atoms with Crippen LogP contribution in [-0.2, 0) is 6.42 Å². The van der Waals surface area contributed by atoms with Crippen molar-refractivity contribution in [1.82, 2.24) is 0 Å². The SMILES string of the molecule is CC(C)Cc1ccc(C(N)c2cccc(Cl)c2Cl)cc1. The first-order valence-corrected chi connectivity index (χ1v) is 7.53. The molecule has 0 radical (unpaired) electrons. The summed E-state index contributed by atoms with van der Waals surface area (Å²) in [6, 6.07) is 13.7.